The highest BCUT2D eigenvalue weighted by Crippen LogP contribution is 2.04. The van der Waals surface area contributed by atoms with Gasteiger partial charge in [0.2, 0.25) is 0 Å². The van der Waals surface area contributed by atoms with Gasteiger partial charge in [-0.1, -0.05) is 6.08 Å². The maximum atomic E-state index is 11.8. The number of hydrogen-bond donors (Lipinski definition) is 1. The fraction of sp³-hybridized carbons (Fsp3) is 0.583. The number of piperazine rings is 1. The van der Waals surface area contributed by atoms with E-state index in [-0.39, 0.29) is 12.6 Å². The number of ether oxygens (including phenoxy) is 1. The van der Waals surface area contributed by atoms with Gasteiger partial charge in [0.15, 0.2) is 0 Å². The first-order chi connectivity index (χ1) is 9.10. The number of nitrogens with zero attached hydrogens (tertiary/aromatic N) is 2. The Morgan fingerprint density at radius 3 is 2.32 bits per heavy atom. The topological polar surface area (TPSA) is 79.0 Å². The average molecular weight is 269 g/mol. The van der Waals surface area contributed by atoms with Gasteiger partial charge in [-0.25, -0.2) is 4.79 Å². The fourth-order valence-electron chi connectivity index (χ4n) is 1.69. The number of carbonyl (C=O) groups is 3. The maximum absolute atomic E-state index is 11.8. The van der Waals surface area contributed by atoms with E-state index in [0.29, 0.717) is 32.8 Å². The molecular weight excluding hydrogens is 250 g/mol. The summed E-state index contributed by atoms with van der Waals surface area (Å²) in [5.41, 5.74) is 0. The molecule has 1 N–H and O–H groups in total. The molecule has 0 aromatic rings. The Bertz CT molecular complexity index is 362. The highest BCUT2D eigenvalue weighted by Gasteiger charge is 2.27. The van der Waals surface area contributed by atoms with Crippen molar-refractivity contribution in [3.05, 3.63) is 12.7 Å². The van der Waals surface area contributed by atoms with Crippen LogP contribution in [-0.4, -0.2) is 67.0 Å². The summed E-state index contributed by atoms with van der Waals surface area (Å²) in [4.78, 5) is 37.6. The van der Waals surface area contributed by atoms with Gasteiger partial charge in [-0.3, -0.25) is 9.59 Å². The van der Waals surface area contributed by atoms with Crippen molar-refractivity contribution < 1.29 is 19.1 Å². The van der Waals surface area contributed by atoms with Gasteiger partial charge in [0.05, 0.1) is 6.61 Å². The van der Waals surface area contributed by atoms with E-state index in [1.807, 2.05) is 0 Å². The van der Waals surface area contributed by atoms with Crippen LogP contribution in [0, 0.1) is 0 Å². The average Bonchev–Trinajstić information content (AvgIpc) is 2.44. The Kier molecular flexibility index (Phi) is 5.84. The van der Waals surface area contributed by atoms with Gasteiger partial charge in [0.25, 0.3) is 0 Å². The predicted octanol–water partition coefficient (Wildman–Crippen LogP) is -0.411. The van der Waals surface area contributed by atoms with Crippen LogP contribution in [0.4, 0.5) is 4.79 Å². The fourth-order valence-corrected chi connectivity index (χ4v) is 1.69. The number of amides is 3. The molecule has 0 atom stereocenters. The molecule has 0 unspecified atom stereocenters. The van der Waals surface area contributed by atoms with Crippen LogP contribution in [0.2, 0.25) is 0 Å². The summed E-state index contributed by atoms with van der Waals surface area (Å²) >= 11 is 0. The summed E-state index contributed by atoms with van der Waals surface area (Å²) in [6.45, 7) is 7.18. The molecule has 0 aliphatic carbocycles. The zero-order valence-corrected chi connectivity index (χ0v) is 11.1. The van der Waals surface area contributed by atoms with Crippen LogP contribution in [0.5, 0.6) is 0 Å². The summed E-state index contributed by atoms with van der Waals surface area (Å²) in [6, 6.07) is 0. The molecule has 0 aromatic heterocycles. The van der Waals surface area contributed by atoms with Crippen LogP contribution in [0.3, 0.4) is 0 Å². The Hall–Kier alpha value is -2.05. The first-order valence-electron chi connectivity index (χ1n) is 6.19. The maximum Gasteiger partial charge on any atom is 0.409 e. The van der Waals surface area contributed by atoms with E-state index in [2.05, 4.69) is 11.9 Å². The van der Waals surface area contributed by atoms with Crippen molar-refractivity contribution in [2.24, 2.45) is 0 Å². The van der Waals surface area contributed by atoms with Crippen LogP contribution < -0.4 is 5.32 Å². The summed E-state index contributed by atoms with van der Waals surface area (Å²) < 4.78 is 4.87. The van der Waals surface area contributed by atoms with Crippen molar-refractivity contribution in [3.63, 3.8) is 0 Å². The zero-order chi connectivity index (χ0) is 14.3. The van der Waals surface area contributed by atoms with E-state index in [9.17, 15) is 14.4 Å². The van der Waals surface area contributed by atoms with Crippen molar-refractivity contribution >= 4 is 17.9 Å². The SMILES string of the molecule is C=CCNC(=O)C(=O)N1CCN(C(=O)OCC)CC1. The predicted molar refractivity (Wildman–Crippen MR) is 68.4 cm³/mol. The second kappa shape index (κ2) is 7.40. The molecule has 0 radical (unpaired) electrons. The molecule has 3 amide bonds. The molecule has 0 aromatic carbocycles. The minimum absolute atomic E-state index is 0.257. The molecule has 106 valence electrons. The zero-order valence-electron chi connectivity index (χ0n) is 11.1. The van der Waals surface area contributed by atoms with Gasteiger partial charge in [-0.15, -0.1) is 6.58 Å². The van der Waals surface area contributed by atoms with Crippen LogP contribution in [0.15, 0.2) is 12.7 Å². The highest BCUT2D eigenvalue weighted by atomic mass is 16.6. The molecule has 1 rings (SSSR count). The van der Waals surface area contributed by atoms with Gasteiger partial charge in [0.1, 0.15) is 0 Å². The molecular formula is C12H19N3O4. The first kappa shape index (κ1) is 15.0. The largest absolute Gasteiger partial charge is 0.450 e. The molecule has 1 saturated heterocycles. The van der Waals surface area contributed by atoms with E-state index >= 15 is 0 Å². The minimum Gasteiger partial charge on any atom is -0.450 e. The lowest BCUT2D eigenvalue weighted by molar-refractivity contribution is -0.146. The van der Waals surface area contributed by atoms with Crippen LogP contribution >= 0.6 is 0 Å². The van der Waals surface area contributed by atoms with Crippen molar-refractivity contribution in [1.29, 1.82) is 0 Å². The third kappa shape index (κ3) is 4.27. The van der Waals surface area contributed by atoms with Crippen molar-refractivity contribution in [3.8, 4) is 0 Å². The number of nitrogens with one attached hydrogen (secondary N) is 1. The third-order valence-corrected chi connectivity index (χ3v) is 2.69. The number of rotatable bonds is 3. The molecule has 0 bridgehead atoms. The number of carbonyl (C=O) groups excluding carboxylic acids is 3. The quantitative estimate of drug-likeness (QED) is 0.558. The highest BCUT2D eigenvalue weighted by molar-refractivity contribution is 6.35. The molecule has 0 spiro atoms. The Balaban J connectivity index is 2.40. The molecule has 1 aliphatic heterocycles. The van der Waals surface area contributed by atoms with E-state index in [0.717, 1.165) is 0 Å². The lowest BCUT2D eigenvalue weighted by atomic mass is 10.3. The Labute approximate surface area is 112 Å². The normalized spacial score (nSPS) is 14.8. The Morgan fingerprint density at radius 2 is 1.79 bits per heavy atom. The molecule has 0 saturated carbocycles. The summed E-state index contributed by atoms with van der Waals surface area (Å²) in [5.74, 6) is -1.23. The molecule has 1 fully saturated rings. The second-order valence-corrected chi connectivity index (χ2v) is 3.98. The van der Waals surface area contributed by atoms with E-state index < -0.39 is 11.8 Å². The summed E-state index contributed by atoms with van der Waals surface area (Å²) in [6.07, 6.45) is 1.12. The molecule has 1 heterocycles. The molecule has 1 aliphatic rings. The van der Waals surface area contributed by atoms with Gasteiger partial charge in [-0.2, -0.15) is 0 Å². The van der Waals surface area contributed by atoms with Crippen LogP contribution in [0.25, 0.3) is 0 Å². The molecule has 7 heteroatoms. The number of hydrogen-bond acceptors (Lipinski definition) is 4. The summed E-state index contributed by atoms with van der Waals surface area (Å²) in [7, 11) is 0. The van der Waals surface area contributed by atoms with E-state index in [1.54, 1.807) is 6.92 Å². The first-order valence-corrected chi connectivity index (χ1v) is 6.19. The molecule has 7 nitrogen and oxygen atoms in total. The van der Waals surface area contributed by atoms with Crippen LogP contribution in [-0.2, 0) is 14.3 Å². The third-order valence-electron chi connectivity index (χ3n) is 2.69. The van der Waals surface area contributed by atoms with Gasteiger partial charge >= 0.3 is 17.9 Å². The van der Waals surface area contributed by atoms with Crippen LogP contribution in [0.1, 0.15) is 6.92 Å². The van der Waals surface area contributed by atoms with Crippen molar-refractivity contribution in [2.75, 3.05) is 39.3 Å². The lowest BCUT2D eigenvalue weighted by Gasteiger charge is -2.33. The monoisotopic (exact) mass is 269 g/mol. The van der Waals surface area contributed by atoms with Crippen molar-refractivity contribution in [1.82, 2.24) is 15.1 Å². The molecule has 19 heavy (non-hydrogen) atoms. The minimum atomic E-state index is -0.649. The van der Waals surface area contributed by atoms with Gasteiger partial charge in [0, 0.05) is 32.7 Å². The van der Waals surface area contributed by atoms with Crippen molar-refractivity contribution in [2.45, 2.75) is 6.92 Å². The van der Waals surface area contributed by atoms with E-state index in [1.165, 1.54) is 15.9 Å². The Morgan fingerprint density at radius 1 is 1.21 bits per heavy atom. The van der Waals surface area contributed by atoms with E-state index in [4.69, 9.17) is 4.74 Å². The summed E-state index contributed by atoms with van der Waals surface area (Å²) in [5, 5.41) is 2.43. The smallest absolute Gasteiger partial charge is 0.409 e. The standard InChI is InChI=1S/C12H19N3O4/c1-3-5-13-10(16)11(17)14-6-8-15(9-7-14)12(18)19-4-2/h3H,1,4-9H2,2H3,(H,13,16). The lowest BCUT2D eigenvalue weighted by Crippen LogP contribution is -2.53. The van der Waals surface area contributed by atoms with Gasteiger partial charge in [-0.05, 0) is 6.92 Å². The second-order valence-electron chi connectivity index (χ2n) is 3.98. The van der Waals surface area contributed by atoms with Gasteiger partial charge < -0.3 is 19.9 Å².